The molecule has 4 rings (SSSR count). The van der Waals surface area contributed by atoms with Crippen molar-refractivity contribution in [1.29, 1.82) is 0 Å². The van der Waals surface area contributed by atoms with Crippen LogP contribution in [0.15, 0.2) is 91.0 Å². The van der Waals surface area contributed by atoms with E-state index in [-0.39, 0.29) is 12.1 Å². The summed E-state index contributed by atoms with van der Waals surface area (Å²) in [7, 11) is 0. The van der Waals surface area contributed by atoms with Crippen LogP contribution in [0.1, 0.15) is 31.2 Å². The van der Waals surface area contributed by atoms with Gasteiger partial charge in [-0.3, -0.25) is 4.90 Å². The zero-order valence-corrected chi connectivity index (χ0v) is 20.7. The Morgan fingerprint density at radius 2 is 1.11 bits per heavy atom. The number of carbonyl (C=O) groups excluding carboxylic acids is 2. The number of para-hydroxylation sites is 2. The fourth-order valence-electron chi connectivity index (χ4n) is 4.75. The second kappa shape index (κ2) is 13.3. The van der Waals surface area contributed by atoms with Crippen molar-refractivity contribution in [1.82, 2.24) is 16.0 Å². The fraction of sp³-hybridized carbons (Fsp3) is 0.333. The van der Waals surface area contributed by atoms with Crippen LogP contribution in [0.3, 0.4) is 0 Å². The number of anilines is 2. The number of carbonyl (C=O) groups is 2. The molecule has 0 aromatic heterocycles. The molecule has 0 bridgehead atoms. The number of hydrogen-bond donors (Lipinski definition) is 3. The minimum atomic E-state index is -0.108. The Labute approximate surface area is 214 Å². The lowest BCUT2D eigenvalue weighted by atomic mass is 9.82. The molecule has 36 heavy (non-hydrogen) atoms. The van der Waals surface area contributed by atoms with E-state index in [1.807, 2.05) is 78.9 Å². The molecule has 3 aromatic carbocycles. The summed E-state index contributed by atoms with van der Waals surface area (Å²) >= 11 is 0. The summed E-state index contributed by atoms with van der Waals surface area (Å²) in [6, 6.07) is 29.4. The van der Waals surface area contributed by atoms with Gasteiger partial charge in [0, 0.05) is 19.6 Å². The van der Waals surface area contributed by atoms with Gasteiger partial charge in [0.15, 0.2) is 0 Å². The Hall–Kier alpha value is -3.80. The van der Waals surface area contributed by atoms with Gasteiger partial charge in [0.25, 0.3) is 0 Å². The molecule has 0 atom stereocenters. The van der Waals surface area contributed by atoms with Crippen molar-refractivity contribution < 1.29 is 9.59 Å². The van der Waals surface area contributed by atoms with E-state index in [9.17, 15) is 9.59 Å². The molecule has 0 unspecified atom stereocenters. The maximum Gasteiger partial charge on any atom is 0.326 e. The Morgan fingerprint density at radius 3 is 1.64 bits per heavy atom. The number of nitrogens with one attached hydrogen (secondary N) is 3. The summed E-state index contributed by atoms with van der Waals surface area (Å²) in [5, 5.41) is 9.13. The largest absolute Gasteiger partial charge is 0.338 e. The second-order valence-electron chi connectivity index (χ2n) is 9.45. The molecular formula is C30H36N4O2. The average molecular weight is 485 g/mol. The van der Waals surface area contributed by atoms with Crippen LogP contribution in [0.4, 0.5) is 21.0 Å². The lowest BCUT2D eigenvalue weighted by Crippen LogP contribution is -2.41. The molecule has 188 valence electrons. The number of benzene rings is 3. The summed E-state index contributed by atoms with van der Waals surface area (Å²) in [5.74, 6) is 0.945. The number of urea groups is 2. The lowest BCUT2D eigenvalue weighted by molar-refractivity contribution is 0.226. The summed E-state index contributed by atoms with van der Waals surface area (Å²) in [6.45, 7) is 1.99. The third-order valence-electron chi connectivity index (χ3n) is 6.83. The van der Waals surface area contributed by atoms with Crippen molar-refractivity contribution in [3.05, 3.63) is 96.6 Å². The number of rotatable bonds is 9. The van der Waals surface area contributed by atoms with Crippen molar-refractivity contribution in [3.63, 3.8) is 0 Å². The van der Waals surface area contributed by atoms with Gasteiger partial charge in [-0.1, -0.05) is 66.7 Å². The van der Waals surface area contributed by atoms with Crippen LogP contribution in [-0.4, -0.2) is 31.7 Å². The molecule has 4 amide bonds. The van der Waals surface area contributed by atoms with Crippen LogP contribution in [0.5, 0.6) is 0 Å². The van der Waals surface area contributed by atoms with Gasteiger partial charge in [-0.25, -0.2) is 9.59 Å². The van der Waals surface area contributed by atoms with Crippen molar-refractivity contribution in [3.8, 4) is 0 Å². The van der Waals surface area contributed by atoms with Crippen molar-refractivity contribution >= 4 is 23.4 Å². The van der Waals surface area contributed by atoms with Crippen molar-refractivity contribution in [2.45, 2.75) is 32.1 Å². The van der Waals surface area contributed by atoms with E-state index < -0.39 is 0 Å². The molecule has 3 N–H and O–H groups in total. The summed E-state index contributed by atoms with van der Waals surface area (Å²) in [5.41, 5.74) is 2.91. The van der Waals surface area contributed by atoms with Crippen LogP contribution in [0.2, 0.25) is 0 Å². The molecule has 1 saturated carbocycles. The van der Waals surface area contributed by atoms with Crippen LogP contribution in [0, 0.1) is 11.8 Å². The first kappa shape index (κ1) is 25.3. The van der Waals surface area contributed by atoms with E-state index in [2.05, 4.69) is 28.1 Å². The first-order valence-corrected chi connectivity index (χ1v) is 12.9. The third kappa shape index (κ3) is 7.60. The van der Waals surface area contributed by atoms with Gasteiger partial charge in [-0.05, 0) is 73.8 Å². The van der Waals surface area contributed by atoms with Crippen LogP contribution in [0.25, 0.3) is 0 Å². The van der Waals surface area contributed by atoms with E-state index in [0.717, 1.165) is 43.5 Å². The van der Waals surface area contributed by atoms with Gasteiger partial charge in [-0.2, -0.15) is 0 Å². The Bertz CT molecular complexity index is 1030. The summed E-state index contributed by atoms with van der Waals surface area (Å²) in [6.07, 6.45) is 5.06. The van der Waals surface area contributed by atoms with Crippen molar-refractivity contribution in [2.75, 3.05) is 24.5 Å². The number of nitrogens with zero attached hydrogens (tertiary/aromatic N) is 1. The molecule has 0 saturated heterocycles. The molecule has 6 heteroatoms. The minimum absolute atomic E-state index is 0.0952. The monoisotopic (exact) mass is 484 g/mol. The predicted octanol–water partition coefficient (Wildman–Crippen LogP) is 5.88. The van der Waals surface area contributed by atoms with Gasteiger partial charge >= 0.3 is 12.1 Å². The average Bonchev–Trinajstić information content (AvgIpc) is 2.93. The number of amides is 4. The summed E-state index contributed by atoms with van der Waals surface area (Å²) < 4.78 is 0. The van der Waals surface area contributed by atoms with E-state index in [1.165, 1.54) is 5.56 Å². The highest BCUT2D eigenvalue weighted by Crippen LogP contribution is 2.29. The maximum atomic E-state index is 13.2. The standard InChI is InChI=1S/C30H36N4O2/c35-29(31-21-20-24-10-4-1-5-11-24)32-22-25-16-18-26(19-17-25)23-33-30(36)34(27-12-6-2-7-13-27)28-14-8-3-9-15-28/h1-15,25-26H,16-23H2,(H,33,36)(H2,31,32,35). The van der Waals surface area contributed by atoms with Gasteiger partial charge in [0.2, 0.25) is 0 Å². The molecule has 0 heterocycles. The first-order valence-electron chi connectivity index (χ1n) is 12.9. The SMILES string of the molecule is O=C(NCCc1ccccc1)NCC1CCC(CNC(=O)N(c2ccccc2)c2ccccc2)CC1. The van der Waals surface area contributed by atoms with Crippen LogP contribution < -0.4 is 20.9 Å². The van der Waals surface area contributed by atoms with E-state index >= 15 is 0 Å². The highest BCUT2D eigenvalue weighted by atomic mass is 16.2. The molecule has 3 aromatic rings. The highest BCUT2D eigenvalue weighted by Gasteiger charge is 2.24. The molecule has 0 spiro atoms. The Kier molecular flexibility index (Phi) is 9.37. The molecular weight excluding hydrogens is 448 g/mol. The molecule has 0 aliphatic heterocycles. The summed E-state index contributed by atoms with van der Waals surface area (Å²) in [4.78, 5) is 27.0. The Morgan fingerprint density at radius 1 is 0.639 bits per heavy atom. The zero-order chi connectivity index (χ0) is 25.0. The van der Waals surface area contributed by atoms with Gasteiger partial charge in [-0.15, -0.1) is 0 Å². The third-order valence-corrected chi connectivity index (χ3v) is 6.83. The molecule has 1 aliphatic carbocycles. The normalized spacial score (nSPS) is 17.1. The maximum absolute atomic E-state index is 13.2. The van der Waals surface area contributed by atoms with Gasteiger partial charge < -0.3 is 16.0 Å². The lowest BCUT2D eigenvalue weighted by Gasteiger charge is -2.30. The highest BCUT2D eigenvalue weighted by molar-refractivity contribution is 5.99. The first-order chi connectivity index (χ1) is 17.7. The smallest absolute Gasteiger partial charge is 0.326 e. The van der Waals surface area contributed by atoms with E-state index in [1.54, 1.807) is 4.90 Å². The molecule has 1 aliphatic rings. The van der Waals surface area contributed by atoms with Gasteiger partial charge in [0.1, 0.15) is 0 Å². The second-order valence-corrected chi connectivity index (χ2v) is 9.45. The number of hydrogen-bond acceptors (Lipinski definition) is 2. The van der Waals surface area contributed by atoms with E-state index in [0.29, 0.717) is 31.5 Å². The fourth-order valence-corrected chi connectivity index (χ4v) is 4.75. The van der Waals surface area contributed by atoms with Crippen LogP contribution >= 0.6 is 0 Å². The molecule has 0 radical (unpaired) electrons. The Balaban J connectivity index is 1.16. The van der Waals surface area contributed by atoms with Crippen molar-refractivity contribution in [2.24, 2.45) is 11.8 Å². The minimum Gasteiger partial charge on any atom is -0.338 e. The molecule has 1 fully saturated rings. The zero-order valence-electron chi connectivity index (χ0n) is 20.7. The topological polar surface area (TPSA) is 73.5 Å². The van der Waals surface area contributed by atoms with E-state index in [4.69, 9.17) is 0 Å². The molecule has 6 nitrogen and oxygen atoms in total. The quantitative estimate of drug-likeness (QED) is 0.355. The van der Waals surface area contributed by atoms with Gasteiger partial charge in [0.05, 0.1) is 11.4 Å². The predicted molar refractivity (Wildman–Crippen MR) is 145 cm³/mol. The van der Waals surface area contributed by atoms with Crippen LogP contribution in [-0.2, 0) is 6.42 Å².